The van der Waals surface area contributed by atoms with Crippen molar-refractivity contribution in [1.29, 1.82) is 0 Å². The summed E-state index contributed by atoms with van der Waals surface area (Å²) < 4.78 is 18.4. The van der Waals surface area contributed by atoms with Crippen molar-refractivity contribution in [2.24, 2.45) is 0 Å². The Morgan fingerprint density at radius 2 is 2.25 bits per heavy atom. The maximum absolute atomic E-state index is 13.2. The number of carboxylic acid groups (broad SMARTS) is 1. The average molecular weight is 282 g/mol. The van der Waals surface area contributed by atoms with E-state index >= 15 is 0 Å². The molecule has 1 aliphatic rings. The third-order valence-electron chi connectivity index (χ3n) is 3.14. The zero-order valence-corrected chi connectivity index (χ0v) is 10.7. The Morgan fingerprint density at radius 1 is 1.50 bits per heavy atom. The molecule has 6 nitrogen and oxygen atoms in total. The highest BCUT2D eigenvalue weighted by Crippen LogP contribution is 2.20. The van der Waals surface area contributed by atoms with Crippen LogP contribution in [0.5, 0.6) is 0 Å². The van der Waals surface area contributed by atoms with Gasteiger partial charge in [0.15, 0.2) is 0 Å². The minimum absolute atomic E-state index is 0.0438. The number of nitrogen functional groups attached to an aromatic ring is 1. The summed E-state index contributed by atoms with van der Waals surface area (Å²) in [4.78, 5) is 24.6. The molecule has 1 amide bonds. The lowest BCUT2D eigenvalue weighted by molar-refractivity contribution is -0.139. The fraction of sp³-hybridized carbons (Fsp3) is 0.385. The van der Waals surface area contributed by atoms with Gasteiger partial charge in [-0.15, -0.1) is 0 Å². The van der Waals surface area contributed by atoms with Crippen molar-refractivity contribution < 1.29 is 23.8 Å². The van der Waals surface area contributed by atoms with Gasteiger partial charge >= 0.3 is 5.97 Å². The number of hydrogen-bond acceptors (Lipinski definition) is 4. The van der Waals surface area contributed by atoms with Crippen LogP contribution in [0.15, 0.2) is 18.2 Å². The third-order valence-corrected chi connectivity index (χ3v) is 3.14. The smallest absolute Gasteiger partial charge is 0.305 e. The van der Waals surface area contributed by atoms with Gasteiger partial charge in [-0.25, -0.2) is 4.39 Å². The minimum Gasteiger partial charge on any atom is -0.481 e. The van der Waals surface area contributed by atoms with Crippen molar-refractivity contribution in [3.63, 3.8) is 0 Å². The quantitative estimate of drug-likeness (QED) is 0.797. The van der Waals surface area contributed by atoms with Crippen LogP contribution in [0.4, 0.5) is 10.1 Å². The number of rotatable bonds is 3. The van der Waals surface area contributed by atoms with Crippen LogP contribution in [0.2, 0.25) is 0 Å². The van der Waals surface area contributed by atoms with Crippen molar-refractivity contribution in [2.75, 3.05) is 25.5 Å². The van der Waals surface area contributed by atoms with E-state index in [1.54, 1.807) is 0 Å². The first-order valence-corrected chi connectivity index (χ1v) is 6.14. The van der Waals surface area contributed by atoms with E-state index in [2.05, 4.69) is 0 Å². The molecule has 0 spiro atoms. The number of carboxylic acids is 1. The molecule has 0 aliphatic carbocycles. The summed E-state index contributed by atoms with van der Waals surface area (Å²) in [6.07, 6.45) is -0.221. The van der Waals surface area contributed by atoms with E-state index in [1.165, 1.54) is 17.0 Å². The molecule has 1 heterocycles. The Labute approximate surface area is 114 Å². The molecule has 20 heavy (non-hydrogen) atoms. The van der Waals surface area contributed by atoms with Gasteiger partial charge in [-0.1, -0.05) is 0 Å². The molecule has 0 radical (unpaired) electrons. The van der Waals surface area contributed by atoms with Crippen LogP contribution in [0, 0.1) is 5.82 Å². The summed E-state index contributed by atoms with van der Waals surface area (Å²) in [5.41, 5.74) is 5.89. The van der Waals surface area contributed by atoms with E-state index in [1.807, 2.05) is 0 Å². The summed E-state index contributed by atoms with van der Waals surface area (Å²) in [5.74, 6) is -2.06. The molecule has 0 aromatic heterocycles. The number of nitrogens with two attached hydrogens (primary N) is 1. The Hall–Kier alpha value is -2.15. The van der Waals surface area contributed by atoms with E-state index in [-0.39, 0.29) is 30.8 Å². The predicted octanol–water partition coefficient (Wildman–Crippen LogP) is 0.724. The number of carbonyl (C=O) groups is 2. The highest BCUT2D eigenvalue weighted by atomic mass is 19.1. The lowest BCUT2D eigenvalue weighted by Gasteiger charge is -2.35. The highest BCUT2D eigenvalue weighted by Gasteiger charge is 2.30. The zero-order chi connectivity index (χ0) is 14.7. The van der Waals surface area contributed by atoms with Crippen LogP contribution in [0.25, 0.3) is 0 Å². The molecule has 0 bridgehead atoms. The zero-order valence-electron chi connectivity index (χ0n) is 10.7. The number of benzene rings is 1. The van der Waals surface area contributed by atoms with Crippen LogP contribution < -0.4 is 5.73 Å². The molecule has 2 rings (SSSR count). The fourth-order valence-electron chi connectivity index (χ4n) is 2.16. The number of ether oxygens (including phenoxy) is 1. The van der Waals surface area contributed by atoms with E-state index in [4.69, 9.17) is 15.6 Å². The topological polar surface area (TPSA) is 92.9 Å². The van der Waals surface area contributed by atoms with Crippen molar-refractivity contribution >= 4 is 17.6 Å². The number of halogens is 1. The van der Waals surface area contributed by atoms with Crippen molar-refractivity contribution in [2.45, 2.75) is 12.5 Å². The monoisotopic (exact) mass is 282 g/mol. The molecule has 108 valence electrons. The Morgan fingerprint density at radius 3 is 2.95 bits per heavy atom. The number of carbonyl (C=O) groups excluding carboxylic acids is 1. The second-order valence-electron chi connectivity index (χ2n) is 4.56. The van der Waals surface area contributed by atoms with Crippen LogP contribution in [-0.4, -0.2) is 47.7 Å². The van der Waals surface area contributed by atoms with E-state index < -0.39 is 23.7 Å². The van der Waals surface area contributed by atoms with Crippen LogP contribution in [-0.2, 0) is 9.53 Å². The van der Waals surface area contributed by atoms with Crippen LogP contribution >= 0.6 is 0 Å². The van der Waals surface area contributed by atoms with E-state index in [0.717, 1.165) is 6.07 Å². The molecule has 7 heteroatoms. The van der Waals surface area contributed by atoms with E-state index in [0.29, 0.717) is 6.61 Å². The number of nitrogens with zero attached hydrogens (tertiary/aromatic N) is 1. The summed E-state index contributed by atoms with van der Waals surface area (Å²) in [6, 6.07) is 2.97. The van der Waals surface area contributed by atoms with Gasteiger partial charge in [-0.05, 0) is 18.2 Å². The molecular weight excluding hydrogens is 267 g/mol. The lowest BCUT2D eigenvalue weighted by Crippen LogP contribution is -2.49. The molecular formula is C13H15FN2O4. The molecule has 0 saturated carbocycles. The summed E-state index contributed by atoms with van der Waals surface area (Å²) >= 11 is 0. The average Bonchev–Trinajstić information content (AvgIpc) is 2.41. The lowest BCUT2D eigenvalue weighted by atomic mass is 10.1. The summed E-state index contributed by atoms with van der Waals surface area (Å²) in [6.45, 7) is 0.719. The first-order valence-electron chi connectivity index (χ1n) is 6.14. The second-order valence-corrected chi connectivity index (χ2v) is 4.56. The Bertz CT molecular complexity index is 535. The first-order chi connectivity index (χ1) is 9.49. The number of anilines is 1. The second kappa shape index (κ2) is 5.87. The van der Waals surface area contributed by atoms with Crippen LogP contribution in [0.1, 0.15) is 16.8 Å². The van der Waals surface area contributed by atoms with Crippen molar-refractivity contribution in [3.05, 3.63) is 29.6 Å². The number of hydrogen-bond donors (Lipinski definition) is 2. The van der Waals surface area contributed by atoms with Crippen molar-refractivity contribution in [3.8, 4) is 0 Å². The van der Waals surface area contributed by atoms with Gasteiger partial charge in [-0.3, -0.25) is 9.59 Å². The summed E-state index contributed by atoms with van der Waals surface area (Å²) in [7, 11) is 0. The molecule has 1 atom stereocenters. The predicted molar refractivity (Wildman–Crippen MR) is 68.7 cm³/mol. The number of aliphatic carboxylic acids is 1. The summed E-state index contributed by atoms with van der Waals surface area (Å²) in [5, 5.41) is 8.86. The largest absolute Gasteiger partial charge is 0.481 e. The van der Waals surface area contributed by atoms with Gasteiger partial charge in [0, 0.05) is 12.2 Å². The van der Waals surface area contributed by atoms with Crippen molar-refractivity contribution in [1.82, 2.24) is 4.90 Å². The molecule has 1 aromatic carbocycles. The molecule has 1 fully saturated rings. The van der Waals surface area contributed by atoms with Gasteiger partial charge in [-0.2, -0.15) is 0 Å². The Kier molecular flexibility index (Phi) is 4.19. The first kappa shape index (κ1) is 14.3. The fourth-order valence-corrected chi connectivity index (χ4v) is 2.16. The SMILES string of the molecule is Nc1ccc(F)cc1C(=O)N1CCOCC1CC(=O)O. The Balaban J connectivity index is 2.25. The van der Waals surface area contributed by atoms with Gasteiger partial charge in [0.05, 0.1) is 31.2 Å². The standard InChI is InChI=1S/C13H15FN2O4/c14-8-1-2-11(15)10(5-8)13(19)16-3-4-20-7-9(16)6-12(17)18/h1-2,5,9H,3-4,6-7,15H2,(H,17,18). The van der Waals surface area contributed by atoms with Crippen LogP contribution in [0.3, 0.4) is 0 Å². The van der Waals surface area contributed by atoms with Gasteiger partial charge < -0.3 is 20.5 Å². The van der Waals surface area contributed by atoms with Gasteiger partial charge in [0.25, 0.3) is 5.91 Å². The highest BCUT2D eigenvalue weighted by molar-refractivity contribution is 5.99. The maximum Gasteiger partial charge on any atom is 0.305 e. The minimum atomic E-state index is -1.02. The molecule has 1 aliphatic heterocycles. The molecule has 1 unspecified atom stereocenters. The molecule has 3 N–H and O–H groups in total. The maximum atomic E-state index is 13.2. The normalized spacial score (nSPS) is 18.9. The van der Waals surface area contributed by atoms with E-state index in [9.17, 15) is 14.0 Å². The number of morpholine rings is 1. The molecule has 1 saturated heterocycles. The van der Waals surface area contributed by atoms with Gasteiger partial charge in [0.2, 0.25) is 0 Å². The third kappa shape index (κ3) is 3.05. The number of amides is 1. The molecule has 1 aromatic rings. The van der Waals surface area contributed by atoms with Gasteiger partial charge in [0.1, 0.15) is 5.82 Å².